The number of hydrogen-bond donors (Lipinski definition) is 1. The molecular weight excluding hydrogens is 264 g/mol. The van der Waals surface area contributed by atoms with E-state index < -0.39 is 5.97 Å². The number of aromatic nitrogens is 1. The Morgan fingerprint density at radius 2 is 2.37 bits per heavy atom. The molecule has 2 rings (SSSR count). The number of carbonyl (C=O) groups is 1. The highest BCUT2D eigenvalue weighted by Crippen LogP contribution is 2.24. The Morgan fingerprint density at radius 1 is 1.58 bits per heavy atom. The van der Waals surface area contributed by atoms with Crippen LogP contribution in [0.15, 0.2) is 33.8 Å². The van der Waals surface area contributed by atoms with Crippen LogP contribution in [0.5, 0.6) is 0 Å². The number of nitriles is 1. The van der Waals surface area contributed by atoms with Crippen molar-refractivity contribution >= 4 is 17.7 Å². The monoisotopic (exact) mass is 274 g/mol. The van der Waals surface area contributed by atoms with E-state index in [1.165, 1.54) is 11.8 Å². The highest BCUT2D eigenvalue weighted by atomic mass is 32.2. The van der Waals surface area contributed by atoms with Gasteiger partial charge in [0.15, 0.2) is 0 Å². The Kier molecular flexibility index (Phi) is 3.88. The van der Waals surface area contributed by atoms with Gasteiger partial charge in [-0.25, -0.2) is 9.78 Å². The molecule has 0 saturated heterocycles. The Morgan fingerprint density at radius 3 is 3.00 bits per heavy atom. The average Bonchev–Trinajstić information content (AvgIpc) is 2.78. The number of pyridine rings is 1. The minimum Gasteiger partial charge on any atom is -0.475 e. The standard InChI is InChI=1S/C13H10N2O3S/c1-8-4-10(18-12(8)13(16)17)7-19-11-5-9(6-14)2-3-15-11/h2-5H,7H2,1H3,(H,16,17). The lowest BCUT2D eigenvalue weighted by Crippen LogP contribution is -1.94. The molecule has 19 heavy (non-hydrogen) atoms. The number of hydrogen-bond acceptors (Lipinski definition) is 5. The topological polar surface area (TPSA) is 87.1 Å². The third-order valence-electron chi connectivity index (χ3n) is 2.39. The van der Waals surface area contributed by atoms with Crippen molar-refractivity contribution < 1.29 is 14.3 Å². The van der Waals surface area contributed by atoms with E-state index in [4.69, 9.17) is 14.8 Å². The van der Waals surface area contributed by atoms with Crippen LogP contribution in [0, 0.1) is 18.3 Å². The largest absolute Gasteiger partial charge is 0.475 e. The zero-order valence-electron chi connectivity index (χ0n) is 10.1. The van der Waals surface area contributed by atoms with Gasteiger partial charge in [-0.3, -0.25) is 0 Å². The third kappa shape index (κ3) is 3.14. The maximum absolute atomic E-state index is 10.8. The SMILES string of the molecule is Cc1cc(CSc2cc(C#N)ccn2)oc1C(=O)O. The zero-order valence-corrected chi connectivity index (χ0v) is 10.9. The molecule has 0 fully saturated rings. The first-order chi connectivity index (χ1) is 9.10. The predicted octanol–water partition coefficient (Wildman–Crippen LogP) is 2.85. The number of nitrogens with zero attached hydrogens (tertiary/aromatic N) is 2. The summed E-state index contributed by atoms with van der Waals surface area (Å²) in [4.78, 5) is 15.0. The molecule has 0 radical (unpaired) electrons. The molecule has 1 N–H and O–H groups in total. The quantitative estimate of drug-likeness (QED) is 0.862. The van der Waals surface area contributed by atoms with Crippen molar-refractivity contribution in [2.24, 2.45) is 0 Å². The number of aromatic carboxylic acids is 1. The summed E-state index contributed by atoms with van der Waals surface area (Å²) in [5, 5.41) is 18.4. The van der Waals surface area contributed by atoms with E-state index in [1.54, 1.807) is 31.3 Å². The van der Waals surface area contributed by atoms with E-state index >= 15 is 0 Å². The molecule has 2 heterocycles. The van der Waals surface area contributed by atoms with E-state index in [1.807, 2.05) is 6.07 Å². The fraction of sp³-hybridized carbons (Fsp3) is 0.154. The van der Waals surface area contributed by atoms with Gasteiger partial charge in [0.25, 0.3) is 0 Å². The van der Waals surface area contributed by atoms with Crippen LogP contribution in [0.2, 0.25) is 0 Å². The number of thioether (sulfide) groups is 1. The molecule has 0 unspecified atom stereocenters. The molecule has 2 aromatic heterocycles. The Labute approximate surface area is 113 Å². The summed E-state index contributed by atoms with van der Waals surface area (Å²) in [7, 11) is 0. The second-order valence-electron chi connectivity index (χ2n) is 3.81. The molecule has 5 nitrogen and oxygen atoms in total. The van der Waals surface area contributed by atoms with Crippen molar-refractivity contribution in [1.29, 1.82) is 5.26 Å². The van der Waals surface area contributed by atoms with Crippen molar-refractivity contribution in [1.82, 2.24) is 4.98 Å². The molecule has 0 amide bonds. The normalized spacial score (nSPS) is 10.1. The maximum Gasteiger partial charge on any atom is 0.372 e. The molecule has 6 heteroatoms. The van der Waals surface area contributed by atoms with Crippen LogP contribution < -0.4 is 0 Å². The van der Waals surface area contributed by atoms with E-state index in [-0.39, 0.29) is 5.76 Å². The van der Waals surface area contributed by atoms with Gasteiger partial charge in [-0.1, -0.05) is 11.8 Å². The third-order valence-corrected chi connectivity index (χ3v) is 3.34. The van der Waals surface area contributed by atoms with Crippen molar-refractivity contribution in [2.45, 2.75) is 17.7 Å². The van der Waals surface area contributed by atoms with Gasteiger partial charge >= 0.3 is 5.97 Å². The molecule has 0 aliphatic rings. The molecule has 0 aromatic carbocycles. The predicted molar refractivity (Wildman–Crippen MR) is 68.9 cm³/mol. The smallest absolute Gasteiger partial charge is 0.372 e. The maximum atomic E-state index is 10.8. The van der Waals surface area contributed by atoms with E-state index in [9.17, 15) is 4.79 Å². The van der Waals surface area contributed by atoms with Crippen LogP contribution in [-0.4, -0.2) is 16.1 Å². The van der Waals surface area contributed by atoms with Crippen molar-refractivity contribution in [3.05, 3.63) is 47.0 Å². The highest BCUT2D eigenvalue weighted by Gasteiger charge is 2.14. The first kappa shape index (κ1) is 13.2. The molecule has 0 aliphatic heterocycles. The van der Waals surface area contributed by atoms with Crippen molar-refractivity contribution in [3.8, 4) is 6.07 Å². The summed E-state index contributed by atoms with van der Waals surface area (Å²) < 4.78 is 5.24. The van der Waals surface area contributed by atoms with Gasteiger partial charge in [-0.05, 0) is 25.1 Å². The molecular formula is C13H10N2O3S. The number of carboxylic acids is 1. The second kappa shape index (κ2) is 5.59. The second-order valence-corrected chi connectivity index (χ2v) is 4.81. The van der Waals surface area contributed by atoms with Gasteiger partial charge in [0.05, 0.1) is 22.4 Å². The molecule has 2 aromatic rings. The van der Waals surface area contributed by atoms with Gasteiger partial charge in [-0.15, -0.1) is 0 Å². The number of carboxylic acid groups (broad SMARTS) is 1. The molecule has 0 aliphatic carbocycles. The van der Waals surface area contributed by atoms with E-state index in [0.717, 1.165) is 0 Å². The van der Waals surface area contributed by atoms with Gasteiger partial charge < -0.3 is 9.52 Å². The fourth-order valence-corrected chi connectivity index (χ4v) is 2.31. The summed E-state index contributed by atoms with van der Waals surface area (Å²) in [5.41, 5.74) is 1.14. The Bertz CT molecular complexity index is 658. The van der Waals surface area contributed by atoms with Crippen LogP contribution in [0.3, 0.4) is 0 Å². The molecule has 0 spiro atoms. The first-order valence-corrected chi connectivity index (χ1v) is 6.40. The first-order valence-electron chi connectivity index (χ1n) is 5.41. The molecule has 0 saturated carbocycles. The van der Waals surface area contributed by atoms with Crippen molar-refractivity contribution in [2.75, 3.05) is 0 Å². The van der Waals surface area contributed by atoms with Crippen LogP contribution in [-0.2, 0) is 5.75 Å². The average molecular weight is 274 g/mol. The summed E-state index contributed by atoms with van der Waals surface area (Å²) >= 11 is 1.39. The summed E-state index contributed by atoms with van der Waals surface area (Å²) in [6, 6.07) is 7.05. The van der Waals surface area contributed by atoms with Crippen LogP contribution in [0.1, 0.15) is 27.4 Å². The van der Waals surface area contributed by atoms with Gasteiger partial charge in [0, 0.05) is 11.8 Å². The minimum atomic E-state index is -1.07. The summed E-state index contributed by atoms with van der Waals surface area (Å²) in [6.07, 6.45) is 1.57. The number of aryl methyl sites for hydroxylation is 1. The highest BCUT2D eigenvalue weighted by molar-refractivity contribution is 7.98. The van der Waals surface area contributed by atoms with Gasteiger partial charge in [0.1, 0.15) is 5.76 Å². The summed E-state index contributed by atoms with van der Waals surface area (Å²) in [6.45, 7) is 1.69. The molecule has 0 bridgehead atoms. The van der Waals surface area contributed by atoms with E-state index in [0.29, 0.717) is 27.7 Å². The Hall–Kier alpha value is -2.26. The molecule has 96 valence electrons. The van der Waals surface area contributed by atoms with Gasteiger partial charge in [0.2, 0.25) is 5.76 Å². The lowest BCUT2D eigenvalue weighted by atomic mass is 10.3. The lowest BCUT2D eigenvalue weighted by molar-refractivity contribution is 0.0659. The van der Waals surface area contributed by atoms with Gasteiger partial charge in [-0.2, -0.15) is 5.26 Å². The Balaban J connectivity index is 2.08. The summed E-state index contributed by atoms with van der Waals surface area (Å²) in [5.74, 6) is -0.0625. The zero-order chi connectivity index (χ0) is 13.8. The fourth-order valence-electron chi connectivity index (χ4n) is 1.53. The van der Waals surface area contributed by atoms with Crippen LogP contribution >= 0.6 is 11.8 Å². The van der Waals surface area contributed by atoms with Crippen LogP contribution in [0.4, 0.5) is 0 Å². The lowest BCUT2D eigenvalue weighted by Gasteiger charge is -1.98. The van der Waals surface area contributed by atoms with Crippen LogP contribution in [0.25, 0.3) is 0 Å². The van der Waals surface area contributed by atoms with Crippen molar-refractivity contribution in [3.63, 3.8) is 0 Å². The van der Waals surface area contributed by atoms with E-state index in [2.05, 4.69) is 4.98 Å². The number of furan rings is 1. The minimum absolute atomic E-state index is 0.0330. The molecule has 0 atom stereocenters. The number of rotatable bonds is 4.